The van der Waals surface area contributed by atoms with E-state index in [9.17, 15) is 13.2 Å². The molecule has 0 saturated carbocycles. The molecule has 100 valence electrons. The number of anilines is 1. The van der Waals surface area contributed by atoms with Crippen molar-refractivity contribution >= 4 is 5.69 Å². The molecule has 0 spiro atoms. The van der Waals surface area contributed by atoms with E-state index in [0.717, 1.165) is 6.07 Å². The van der Waals surface area contributed by atoms with Gasteiger partial charge < -0.3 is 10.5 Å². The molecule has 0 radical (unpaired) electrons. The van der Waals surface area contributed by atoms with Crippen molar-refractivity contribution in [1.29, 1.82) is 0 Å². The minimum atomic E-state index is -4.80. The largest absolute Gasteiger partial charge is 0.573 e. The fourth-order valence-corrected chi connectivity index (χ4v) is 1.14. The number of halogens is 3. The molecule has 8 heteroatoms. The van der Waals surface area contributed by atoms with E-state index in [4.69, 9.17) is 11.3 Å². The van der Waals surface area contributed by atoms with Crippen molar-refractivity contribution in [2.75, 3.05) is 12.3 Å². The number of azide groups is 1. The van der Waals surface area contributed by atoms with Crippen molar-refractivity contribution < 1.29 is 17.9 Å². The van der Waals surface area contributed by atoms with Gasteiger partial charge in [0.25, 0.3) is 0 Å². The second-order valence-electron chi connectivity index (χ2n) is 3.31. The topological polar surface area (TPSA) is 84.0 Å². The maximum atomic E-state index is 12.1. The Morgan fingerprint density at radius 1 is 1.42 bits per heavy atom. The summed E-state index contributed by atoms with van der Waals surface area (Å²) in [6, 6.07) is 3.85. The van der Waals surface area contributed by atoms with Crippen LogP contribution in [-0.2, 0) is 0 Å². The first-order valence-corrected chi connectivity index (χ1v) is 5.07. The molecule has 0 atom stereocenters. The van der Waals surface area contributed by atoms with E-state index in [1.807, 2.05) is 0 Å². The number of nitrogens with zero attached hydrogens (tertiary/aromatic N) is 3. The second kappa shape index (κ2) is 6.42. The number of alkyl halides is 3. The first-order chi connectivity index (χ1) is 8.92. The molecule has 1 aromatic rings. The van der Waals surface area contributed by atoms with Crippen LogP contribution in [0.1, 0.15) is 12.0 Å². The molecule has 0 aliphatic heterocycles. The first-order valence-electron chi connectivity index (χ1n) is 5.07. The number of hydrogen-bond donors (Lipinski definition) is 1. The van der Waals surface area contributed by atoms with Gasteiger partial charge in [-0.2, -0.15) is 0 Å². The summed E-state index contributed by atoms with van der Waals surface area (Å²) in [4.78, 5) is 2.54. The lowest BCUT2D eigenvalue weighted by molar-refractivity contribution is -0.274. The first kappa shape index (κ1) is 14.5. The third-order valence-electron chi connectivity index (χ3n) is 1.87. The minimum Gasteiger partial charge on any atom is -0.404 e. The molecule has 0 aliphatic carbocycles. The lowest BCUT2D eigenvalue weighted by Gasteiger charge is -2.10. The average molecular weight is 270 g/mol. The highest BCUT2D eigenvalue weighted by molar-refractivity contribution is 5.56. The van der Waals surface area contributed by atoms with E-state index in [2.05, 4.69) is 26.6 Å². The minimum absolute atomic E-state index is 0.128. The van der Waals surface area contributed by atoms with E-state index < -0.39 is 12.1 Å². The Kier molecular flexibility index (Phi) is 4.92. The van der Waals surface area contributed by atoms with Crippen LogP contribution in [0.25, 0.3) is 10.4 Å². The number of rotatable bonds is 3. The van der Waals surface area contributed by atoms with Gasteiger partial charge in [0.15, 0.2) is 5.75 Å². The fourth-order valence-electron chi connectivity index (χ4n) is 1.14. The van der Waals surface area contributed by atoms with Crippen molar-refractivity contribution in [1.82, 2.24) is 0 Å². The Bertz CT molecular complexity index is 553. The Balaban J connectivity index is 2.81. The van der Waals surface area contributed by atoms with Gasteiger partial charge in [0.1, 0.15) is 0 Å². The summed E-state index contributed by atoms with van der Waals surface area (Å²) in [7, 11) is 0. The highest BCUT2D eigenvalue weighted by Crippen LogP contribution is 2.28. The van der Waals surface area contributed by atoms with Gasteiger partial charge in [-0.3, -0.25) is 0 Å². The summed E-state index contributed by atoms with van der Waals surface area (Å²) in [6.07, 6.45) is -4.49. The van der Waals surface area contributed by atoms with Crippen LogP contribution in [0.3, 0.4) is 0 Å². The number of hydrogen-bond acceptors (Lipinski definition) is 3. The molecule has 1 aromatic carbocycles. The van der Waals surface area contributed by atoms with E-state index in [0.29, 0.717) is 12.0 Å². The monoisotopic (exact) mass is 270 g/mol. The molecule has 0 bridgehead atoms. The molecular formula is C11H9F3N4O. The van der Waals surface area contributed by atoms with Gasteiger partial charge >= 0.3 is 6.36 Å². The smallest absolute Gasteiger partial charge is 0.404 e. The maximum absolute atomic E-state index is 12.1. The summed E-state index contributed by atoms with van der Waals surface area (Å²) in [5, 5.41) is 3.27. The quantitative estimate of drug-likeness (QED) is 0.228. The molecule has 0 fully saturated rings. The predicted octanol–water partition coefficient (Wildman–Crippen LogP) is 3.22. The molecule has 19 heavy (non-hydrogen) atoms. The molecule has 1 rings (SSSR count). The molecule has 0 saturated heterocycles. The van der Waals surface area contributed by atoms with Crippen LogP contribution in [0, 0.1) is 11.8 Å². The molecule has 2 N–H and O–H groups in total. The zero-order valence-electron chi connectivity index (χ0n) is 9.61. The fraction of sp³-hybridized carbons (Fsp3) is 0.273. The van der Waals surface area contributed by atoms with Crippen molar-refractivity contribution in [3.63, 3.8) is 0 Å². The maximum Gasteiger partial charge on any atom is 0.573 e. The van der Waals surface area contributed by atoms with E-state index in [1.165, 1.54) is 12.1 Å². The number of benzene rings is 1. The van der Waals surface area contributed by atoms with Crippen molar-refractivity contribution in [3.05, 3.63) is 34.2 Å². The molecule has 0 heterocycles. The standard InChI is InChI=1S/C11H9F3N4O/c12-11(13,14)19-10-7-8(4-5-9(10)15)3-1-2-6-17-18-16/h4-5,7H,2,6,15H2. The third-order valence-corrected chi connectivity index (χ3v) is 1.87. The molecule has 0 aromatic heterocycles. The van der Waals surface area contributed by atoms with Gasteiger partial charge in [0.05, 0.1) is 5.69 Å². The molecule has 0 aliphatic rings. The number of nitrogens with two attached hydrogens (primary N) is 1. The Morgan fingerprint density at radius 2 is 2.16 bits per heavy atom. The van der Waals surface area contributed by atoms with Crippen LogP contribution in [0.5, 0.6) is 5.75 Å². The SMILES string of the molecule is [N-]=[N+]=NCCC#Cc1ccc(N)c(OC(F)(F)F)c1. The Hall–Kier alpha value is -2.52. The van der Waals surface area contributed by atoms with Crippen LogP contribution in [0.4, 0.5) is 18.9 Å². The summed E-state index contributed by atoms with van der Waals surface area (Å²) in [5.74, 6) is 4.78. The highest BCUT2D eigenvalue weighted by Gasteiger charge is 2.31. The summed E-state index contributed by atoms with van der Waals surface area (Å²) in [5.41, 5.74) is 13.6. The normalized spacial score (nSPS) is 10.1. The van der Waals surface area contributed by atoms with E-state index in [-0.39, 0.29) is 12.2 Å². The van der Waals surface area contributed by atoms with Gasteiger partial charge in [-0.25, -0.2) is 0 Å². The van der Waals surface area contributed by atoms with Crippen LogP contribution >= 0.6 is 0 Å². The molecule has 0 unspecified atom stereocenters. The lowest BCUT2D eigenvalue weighted by atomic mass is 10.2. The predicted molar refractivity (Wildman–Crippen MR) is 63.0 cm³/mol. The average Bonchev–Trinajstić information content (AvgIpc) is 2.31. The summed E-state index contributed by atoms with van der Waals surface area (Å²) >= 11 is 0. The van der Waals surface area contributed by atoms with Crippen molar-refractivity contribution in [2.24, 2.45) is 5.11 Å². The van der Waals surface area contributed by atoms with Crippen molar-refractivity contribution in [2.45, 2.75) is 12.8 Å². The number of ether oxygens (including phenoxy) is 1. The van der Waals surface area contributed by atoms with Crippen LogP contribution in [0.2, 0.25) is 0 Å². The summed E-state index contributed by atoms with van der Waals surface area (Å²) < 4.78 is 40.0. The van der Waals surface area contributed by atoms with Crippen LogP contribution in [-0.4, -0.2) is 12.9 Å². The van der Waals surface area contributed by atoms with Crippen LogP contribution in [0.15, 0.2) is 23.3 Å². The lowest BCUT2D eigenvalue weighted by Crippen LogP contribution is -2.18. The van der Waals surface area contributed by atoms with E-state index in [1.54, 1.807) is 0 Å². The Labute approximate surface area is 106 Å². The van der Waals surface area contributed by atoms with Crippen molar-refractivity contribution in [3.8, 4) is 17.6 Å². The molecule has 0 amide bonds. The van der Waals surface area contributed by atoms with Crippen LogP contribution < -0.4 is 10.5 Å². The van der Waals surface area contributed by atoms with Gasteiger partial charge in [0.2, 0.25) is 0 Å². The van der Waals surface area contributed by atoms with E-state index >= 15 is 0 Å². The third kappa shape index (κ3) is 5.57. The number of nitrogen functional groups attached to an aromatic ring is 1. The molecule has 5 nitrogen and oxygen atoms in total. The highest BCUT2D eigenvalue weighted by atomic mass is 19.4. The Morgan fingerprint density at radius 3 is 2.79 bits per heavy atom. The van der Waals surface area contributed by atoms with Gasteiger partial charge in [-0.15, -0.1) is 13.2 Å². The summed E-state index contributed by atoms with van der Waals surface area (Å²) in [6.45, 7) is 0.199. The zero-order valence-corrected chi connectivity index (χ0v) is 9.61. The van der Waals surface area contributed by atoms with Gasteiger partial charge in [-0.1, -0.05) is 17.0 Å². The van der Waals surface area contributed by atoms with Gasteiger partial charge in [0, 0.05) is 23.4 Å². The second-order valence-corrected chi connectivity index (χ2v) is 3.31. The zero-order chi connectivity index (χ0) is 14.3. The van der Waals surface area contributed by atoms with Gasteiger partial charge in [-0.05, 0) is 23.7 Å². The molecular weight excluding hydrogens is 261 g/mol.